The van der Waals surface area contributed by atoms with Crippen LogP contribution in [0.3, 0.4) is 0 Å². The lowest BCUT2D eigenvalue weighted by molar-refractivity contribution is -0.481. The molecule has 1 fully saturated rings. The number of hydrogen-bond acceptors (Lipinski definition) is 16. The third-order valence-electron chi connectivity index (χ3n) is 4.92. The molecule has 0 radical (unpaired) electrons. The molecule has 0 unspecified atom stereocenters. The molecule has 16 nitrogen and oxygen atoms in total. The second-order valence-electron chi connectivity index (χ2n) is 7.99. The van der Waals surface area contributed by atoms with E-state index in [1.165, 1.54) is 0 Å². The van der Waals surface area contributed by atoms with E-state index in [1.807, 2.05) is 0 Å². The molecule has 1 aliphatic heterocycles. The molecule has 1 heterocycles. The van der Waals surface area contributed by atoms with Gasteiger partial charge in [0.15, 0.2) is 18.3 Å². The number of esters is 4. The lowest BCUT2D eigenvalue weighted by Crippen LogP contribution is -2.59. The summed E-state index contributed by atoms with van der Waals surface area (Å²) in [6, 6.07) is 0. The number of ether oxygens (including phenoxy) is 5. The molecule has 9 atom stereocenters. The van der Waals surface area contributed by atoms with Gasteiger partial charge in [-0.1, -0.05) is 0 Å². The minimum Gasteiger partial charge on any atom is -0.462 e. The minimum absolute atomic E-state index is 0.480. The van der Waals surface area contributed by atoms with Crippen LogP contribution in [0, 0.1) is 10.1 Å². The summed E-state index contributed by atoms with van der Waals surface area (Å²) in [5, 5.41) is 49.9. The fourth-order valence-electron chi connectivity index (χ4n) is 3.42. The molecule has 0 saturated carbocycles. The quantitative estimate of drug-likeness (QED) is 0.0793. The van der Waals surface area contributed by atoms with E-state index in [0.29, 0.717) is 11.8 Å². The first-order valence-corrected chi connectivity index (χ1v) is 11.8. The summed E-state index contributed by atoms with van der Waals surface area (Å²) >= 11 is 0.480. The van der Waals surface area contributed by atoms with Crippen molar-refractivity contribution in [2.24, 2.45) is 0 Å². The fourth-order valence-corrected chi connectivity index (χ4v) is 4.87. The lowest BCUT2D eigenvalue weighted by Gasteiger charge is -2.41. The van der Waals surface area contributed by atoms with Crippen LogP contribution < -0.4 is 0 Å². The maximum Gasteiger partial charge on any atom is 0.303 e. The second-order valence-corrected chi connectivity index (χ2v) is 9.33. The summed E-state index contributed by atoms with van der Waals surface area (Å²) in [5.41, 5.74) is -1.50. The maximum atomic E-state index is 12.0. The van der Waals surface area contributed by atoms with Crippen molar-refractivity contribution in [2.45, 2.75) is 81.1 Å². The zero-order chi connectivity index (χ0) is 28.4. The molecular formula is C20H31NO15S. The standard InChI is InChI=1S/C20H31NO15S/c1-8(23)32-7-13(33-9(2)24)18(34-10(3)25)19(35-11(4)26)14(5-21(30)31)37-20-17(29)16(28)15(27)12(6-22)36-20/h12-20,22,27-29H,5-7H2,1-4H3/t12-,13-,14-,15-,16+,17-,18-,19-,20+/m1/s1. The molecule has 1 aliphatic rings. The summed E-state index contributed by atoms with van der Waals surface area (Å²) < 4.78 is 25.8. The van der Waals surface area contributed by atoms with Crippen LogP contribution in [-0.4, -0.2) is 122 Å². The van der Waals surface area contributed by atoms with Crippen molar-refractivity contribution in [3.8, 4) is 0 Å². The summed E-state index contributed by atoms with van der Waals surface area (Å²) in [6.45, 7) is 1.50. The van der Waals surface area contributed by atoms with Crippen LogP contribution in [0.2, 0.25) is 0 Å². The Balaban J connectivity index is 3.51. The van der Waals surface area contributed by atoms with Crippen molar-refractivity contribution in [2.75, 3.05) is 19.8 Å². The largest absolute Gasteiger partial charge is 0.462 e. The molecule has 1 saturated heterocycles. The van der Waals surface area contributed by atoms with E-state index in [9.17, 15) is 49.7 Å². The first kappa shape index (κ1) is 32.5. The molecule has 37 heavy (non-hydrogen) atoms. The lowest BCUT2D eigenvalue weighted by atomic mass is 10.0. The number of aliphatic hydroxyl groups is 4. The highest BCUT2D eigenvalue weighted by Crippen LogP contribution is 2.35. The highest BCUT2D eigenvalue weighted by atomic mass is 32.2. The van der Waals surface area contributed by atoms with Crippen LogP contribution in [0.15, 0.2) is 0 Å². The van der Waals surface area contributed by atoms with Crippen molar-refractivity contribution in [1.29, 1.82) is 0 Å². The predicted octanol–water partition coefficient (Wildman–Crippen LogP) is -2.48. The van der Waals surface area contributed by atoms with Gasteiger partial charge in [0.2, 0.25) is 6.54 Å². The van der Waals surface area contributed by atoms with Crippen LogP contribution in [0.1, 0.15) is 27.7 Å². The van der Waals surface area contributed by atoms with Crippen LogP contribution in [-0.2, 0) is 42.9 Å². The number of nitro groups is 1. The highest BCUT2D eigenvalue weighted by molar-refractivity contribution is 8.00. The van der Waals surface area contributed by atoms with Gasteiger partial charge in [0.1, 0.15) is 41.7 Å². The number of hydrogen-bond donors (Lipinski definition) is 4. The molecule has 0 aliphatic carbocycles. The molecule has 0 aromatic heterocycles. The van der Waals surface area contributed by atoms with Gasteiger partial charge in [-0.3, -0.25) is 29.3 Å². The van der Waals surface area contributed by atoms with Gasteiger partial charge in [0.05, 0.1) is 6.61 Å². The van der Waals surface area contributed by atoms with E-state index in [-0.39, 0.29) is 0 Å². The maximum absolute atomic E-state index is 12.0. The fraction of sp³-hybridized carbons (Fsp3) is 0.800. The van der Waals surface area contributed by atoms with Gasteiger partial charge in [0.25, 0.3) is 0 Å². The molecule has 0 bridgehead atoms. The van der Waals surface area contributed by atoms with E-state index in [4.69, 9.17) is 23.7 Å². The van der Waals surface area contributed by atoms with Gasteiger partial charge in [-0.05, 0) is 0 Å². The predicted molar refractivity (Wildman–Crippen MR) is 120 cm³/mol. The van der Waals surface area contributed by atoms with E-state index in [1.54, 1.807) is 0 Å². The third kappa shape index (κ3) is 10.4. The summed E-state index contributed by atoms with van der Waals surface area (Å²) in [6.07, 6.45) is -11.8. The molecule has 0 aromatic carbocycles. The topological polar surface area (TPSA) is 238 Å². The second kappa shape index (κ2) is 15.0. The monoisotopic (exact) mass is 557 g/mol. The molecular weight excluding hydrogens is 526 g/mol. The van der Waals surface area contributed by atoms with Gasteiger partial charge in [-0.25, -0.2) is 0 Å². The van der Waals surface area contributed by atoms with E-state index < -0.39 is 102 Å². The number of aliphatic hydroxyl groups excluding tert-OH is 4. The van der Waals surface area contributed by atoms with Crippen molar-refractivity contribution >= 4 is 35.6 Å². The summed E-state index contributed by atoms with van der Waals surface area (Å²) in [5.74, 6) is -3.68. The molecule has 17 heteroatoms. The third-order valence-corrected chi connectivity index (χ3v) is 6.34. The van der Waals surface area contributed by atoms with Gasteiger partial charge in [-0.2, -0.15) is 0 Å². The Morgan fingerprint density at radius 3 is 1.89 bits per heavy atom. The van der Waals surface area contributed by atoms with Crippen molar-refractivity contribution in [3.05, 3.63) is 10.1 Å². The number of nitrogens with zero attached hydrogens (tertiary/aromatic N) is 1. The number of carbonyl (C=O) groups is 4. The van der Waals surface area contributed by atoms with E-state index >= 15 is 0 Å². The zero-order valence-electron chi connectivity index (χ0n) is 20.5. The Morgan fingerprint density at radius 2 is 1.43 bits per heavy atom. The van der Waals surface area contributed by atoms with Crippen molar-refractivity contribution in [3.63, 3.8) is 0 Å². The molecule has 0 aromatic rings. The van der Waals surface area contributed by atoms with Gasteiger partial charge in [0, 0.05) is 32.6 Å². The van der Waals surface area contributed by atoms with E-state index in [2.05, 4.69) is 0 Å². The number of rotatable bonds is 13. The Hall–Kier alpha value is -2.57. The summed E-state index contributed by atoms with van der Waals surface area (Å²) in [4.78, 5) is 57.7. The SMILES string of the molecule is CC(=O)OC[C@@H](OC(C)=O)[C@@H](OC(C)=O)[C@H](OC(C)=O)[C@@H](C[N+](=O)[O-])S[C@@H]1O[C@H](CO)[C@@H](O)[C@H](O)[C@H]1O. The molecule has 0 amide bonds. The van der Waals surface area contributed by atoms with Gasteiger partial charge >= 0.3 is 23.9 Å². The molecule has 212 valence electrons. The molecule has 4 N–H and O–H groups in total. The Bertz CT molecular complexity index is 824. The first-order valence-electron chi connectivity index (χ1n) is 10.9. The minimum atomic E-state index is -1.81. The average Bonchev–Trinajstić information content (AvgIpc) is 2.77. The average molecular weight is 558 g/mol. The molecule has 1 rings (SSSR count). The molecule has 0 spiro atoms. The van der Waals surface area contributed by atoms with E-state index in [0.717, 1.165) is 27.7 Å². The highest BCUT2D eigenvalue weighted by Gasteiger charge is 2.49. The Labute approximate surface area is 215 Å². The van der Waals surface area contributed by atoms with Crippen LogP contribution in [0.4, 0.5) is 0 Å². The van der Waals surface area contributed by atoms with Crippen LogP contribution >= 0.6 is 11.8 Å². The van der Waals surface area contributed by atoms with Gasteiger partial charge < -0.3 is 44.1 Å². The summed E-state index contributed by atoms with van der Waals surface area (Å²) in [7, 11) is 0. The van der Waals surface area contributed by atoms with Crippen LogP contribution in [0.5, 0.6) is 0 Å². The van der Waals surface area contributed by atoms with Crippen molar-refractivity contribution < 1.29 is 68.2 Å². The Morgan fingerprint density at radius 1 is 0.892 bits per heavy atom. The smallest absolute Gasteiger partial charge is 0.303 e. The van der Waals surface area contributed by atoms with Gasteiger partial charge in [-0.15, -0.1) is 11.8 Å². The first-order chi connectivity index (χ1) is 17.2. The van der Waals surface area contributed by atoms with Crippen LogP contribution in [0.25, 0.3) is 0 Å². The normalized spacial score (nSPS) is 26.6. The van der Waals surface area contributed by atoms with Crippen molar-refractivity contribution in [1.82, 2.24) is 0 Å². The Kier molecular flexibility index (Phi) is 13.2. The zero-order valence-corrected chi connectivity index (χ0v) is 21.3. The number of carbonyl (C=O) groups excluding carboxylic acids is 4. The number of thioether (sulfide) groups is 1.